The smallest absolute Gasteiger partial charge is 0.331 e. The summed E-state index contributed by atoms with van der Waals surface area (Å²) in [4.78, 5) is 24.0. The maximum absolute atomic E-state index is 12.1. The van der Waals surface area contributed by atoms with Crippen LogP contribution in [0, 0.1) is 0 Å². The molecule has 6 nitrogen and oxygen atoms in total. The zero-order chi connectivity index (χ0) is 20.0. The van der Waals surface area contributed by atoms with Crippen LogP contribution in [0.2, 0.25) is 10.0 Å². The molecule has 0 fully saturated rings. The molecule has 2 aromatic carbocycles. The molecular weight excluding hydrogens is 393 g/mol. The number of nitrogens with one attached hydrogen (secondary N) is 1. The Kier molecular flexibility index (Phi) is 7.10. The quantitative estimate of drug-likeness (QED) is 0.548. The van der Waals surface area contributed by atoms with Gasteiger partial charge in [0, 0.05) is 21.8 Å². The molecule has 0 spiro atoms. The number of rotatable bonds is 6. The Morgan fingerprint density at radius 2 is 1.81 bits per heavy atom. The van der Waals surface area contributed by atoms with Crippen molar-refractivity contribution in [2.24, 2.45) is 0 Å². The minimum Gasteiger partial charge on any atom is -0.504 e. The molecule has 0 radical (unpaired) electrons. The van der Waals surface area contributed by atoms with Crippen molar-refractivity contribution < 1.29 is 24.2 Å². The molecule has 1 amide bonds. The van der Waals surface area contributed by atoms with Gasteiger partial charge in [0.05, 0.1) is 7.11 Å². The topological polar surface area (TPSA) is 84.9 Å². The lowest BCUT2D eigenvalue weighted by molar-refractivity contribution is -0.148. The number of carbonyl (C=O) groups excluding carboxylic acids is 2. The van der Waals surface area contributed by atoms with Crippen molar-refractivity contribution in [1.82, 2.24) is 0 Å². The minimum absolute atomic E-state index is 0.0105. The molecule has 0 bridgehead atoms. The third-order valence-corrected chi connectivity index (χ3v) is 3.84. The van der Waals surface area contributed by atoms with Crippen molar-refractivity contribution in [3.8, 4) is 11.5 Å². The van der Waals surface area contributed by atoms with E-state index < -0.39 is 18.0 Å². The number of ether oxygens (including phenoxy) is 2. The van der Waals surface area contributed by atoms with E-state index in [1.54, 1.807) is 12.1 Å². The normalized spacial score (nSPS) is 11.9. The van der Waals surface area contributed by atoms with Gasteiger partial charge < -0.3 is 19.9 Å². The highest BCUT2D eigenvalue weighted by Gasteiger charge is 2.17. The second kappa shape index (κ2) is 9.30. The van der Waals surface area contributed by atoms with E-state index in [9.17, 15) is 14.7 Å². The molecule has 0 aliphatic rings. The van der Waals surface area contributed by atoms with Crippen molar-refractivity contribution in [1.29, 1.82) is 0 Å². The Morgan fingerprint density at radius 3 is 2.44 bits per heavy atom. The SMILES string of the molecule is COc1cc(/C=C/C(=O)O[C@@H](C)C(=O)Nc2cc(Cl)cc(Cl)c2)ccc1O. The maximum Gasteiger partial charge on any atom is 0.331 e. The zero-order valence-corrected chi connectivity index (χ0v) is 16.0. The van der Waals surface area contributed by atoms with Crippen molar-refractivity contribution in [2.75, 3.05) is 12.4 Å². The summed E-state index contributed by atoms with van der Waals surface area (Å²) in [5, 5.41) is 12.9. The van der Waals surface area contributed by atoms with E-state index in [2.05, 4.69) is 5.32 Å². The standard InChI is InChI=1S/C19H17Cl2NO5/c1-11(19(25)22-15-9-13(20)8-14(21)10-15)27-18(24)6-4-12-3-5-16(23)17(7-12)26-2/h3-11,23H,1-2H3,(H,22,25)/b6-4+/t11-/m0/s1. The van der Waals surface area contributed by atoms with E-state index in [-0.39, 0.29) is 11.5 Å². The van der Waals surface area contributed by atoms with Gasteiger partial charge in [0.2, 0.25) is 0 Å². The molecule has 0 aliphatic carbocycles. The fourth-order valence-corrected chi connectivity index (χ4v) is 2.63. The van der Waals surface area contributed by atoms with E-state index in [0.29, 0.717) is 21.3 Å². The third-order valence-electron chi connectivity index (χ3n) is 3.41. The van der Waals surface area contributed by atoms with Crippen LogP contribution in [0.15, 0.2) is 42.5 Å². The van der Waals surface area contributed by atoms with Crippen LogP contribution in [0.1, 0.15) is 12.5 Å². The number of esters is 1. The lowest BCUT2D eigenvalue weighted by atomic mass is 10.2. The monoisotopic (exact) mass is 409 g/mol. The fourth-order valence-electron chi connectivity index (χ4n) is 2.10. The Morgan fingerprint density at radius 1 is 1.15 bits per heavy atom. The summed E-state index contributed by atoms with van der Waals surface area (Å²) >= 11 is 11.7. The highest BCUT2D eigenvalue weighted by atomic mass is 35.5. The number of anilines is 1. The van der Waals surface area contributed by atoms with E-state index >= 15 is 0 Å². The maximum atomic E-state index is 12.1. The van der Waals surface area contributed by atoms with Gasteiger partial charge in [0.25, 0.3) is 5.91 Å². The molecule has 8 heteroatoms. The highest BCUT2D eigenvalue weighted by molar-refractivity contribution is 6.35. The molecule has 0 unspecified atom stereocenters. The second-order valence-electron chi connectivity index (χ2n) is 5.49. The third kappa shape index (κ3) is 6.20. The highest BCUT2D eigenvalue weighted by Crippen LogP contribution is 2.26. The lowest BCUT2D eigenvalue weighted by Crippen LogP contribution is -2.29. The van der Waals surface area contributed by atoms with Crippen LogP contribution in [0.3, 0.4) is 0 Å². The number of aromatic hydroxyl groups is 1. The summed E-state index contributed by atoms with van der Waals surface area (Å²) in [6.45, 7) is 1.44. The summed E-state index contributed by atoms with van der Waals surface area (Å²) in [5.74, 6) is -0.961. The molecule has 2 rings (SSSR count). The van der Waals surface area contributed by atoms with Crippen molar-refractivity contribution in [2.45, 2.75) is 13.0 Å². The fraction of sp³-hybridized carbons (Fsp3) is 0.158. The Bertz CT molecular complexity index is 862. The van der Waals surface area contributed by atoms with E-state index in [0.717, 1.165) is 0 Å². The summed E-state index contributed by atoms with van der Waals surface area (Å²) in [7, 11) is 1.42. The molecule has 0 aliphatic heterocycles. The molecule has 27 heavy (non-hydrogen) atoms. The van der Waals surface area contributed by atoms with Gasteiger partial charge in [0.15, 0.2) is 17.6 Å². The van der Waals surface area contributed by atoms with Gasteiger partial charge in [-0.15, -0.1) is 0 Å². The number of carbonyl (C=O) groups is 2. The van der Waals surface area contributed by atoms with Crippen molar-refractivity contribution in [3.63, 3.8) is 0 Å². The number of halogens is 2. The molecule has 0 aromatic heterocycles. The number of hydrogen-bond donors (Lipinski definition) is 2. The van der Waals surface area contributed by atoms with E-state index in [1.165, 1.54) is 50.5 Å². The van der Waals surface area contributed by atoms with Gasteiger partial charge in [-0.3, -0.25) is 4.79 Å². The first kappa shape index (κ1) is 20.6. The molecule has 0 saturated carbocycles. The molecule has 2 N–H and O–H groups in total. The largest absolute Gasteiger partial charge is 0.504 e. The van der Waals surface area contributed by atoms with Crippen LogP contribution in [0.5, 0.6) is 11.5 Å². The van der Waals surface area contributed by atoms with Crippen LogP contribution < -0.4 is 10.1 Å². The summed E-state index contributed by atoms with van der Waals surface area (Å²) in [5.41, 5.74) is 1.01. The van der Waals surface area contributed by atoms with Crippen LogP contribution in [0.25, 0.3) is 6.08 Å². The minimum atomic E-state index is -1.03. The average Bonchev–Trinajstić information content (AvgIpc) is 2.60. The predicted octanol–water partition coefficient (Wildman–Crippen LogP) is 4.29. The summed E-state index contributed by atoms with van der Waals surface area (Å²) in [6, 6.07) is 9.18. The molecule has 2 aromatic rings. The van der Waals surface area contributed by atoms with Gasteiger partial charge in [-0.25, -0.2) is 4.79 Å². The van der Waals surface area contributed by atoms with Crippen LogP contribution >= 0.6 is 23.2 Å². The lowest BCUT2D eigenvalue weighted by Gasteiger charge is -2.12. The first-order chi connectivity index (χ1) is 12.8. The number of amides is 1. The predicted molar refractivity (Wildman–Crippen MR) is 104 cm³/mol. The van der Waals surface area contributed by atoms with Gasteiger partial charge in [0.1, 0.15) is 0 Å². The Balaban J connectivity index is 1.95. The first-order valence-electron chi connectivity index (χ1n) is 7.81. The number of phenols is 1. The molecule has 142 valence electrons. The Hall–Kier alpha value is -2.70. The average molecular weight is 410 g/mol. The van der Waals surface area contributed by atoms with E-state index in [1.807, 2.05) is 0 Å². The number of phenolic OH excluding ortho intramolecular Hbond substituents is 1. The molecule has 1 atom stereocenters. The zero-order valence-electron chi connectivity index (χ0n) is 14.5. The van der Waals surface area contributed by atoms with Gasteiger partial charge in [-0.05, 0) is 48.9 Å². The summed E-state index contributed by atoms with van der Waals surface area (Å²) in [6.07, 6.45) is 1.62. The number of methoxy groups -OCH3 is 1. The van der Waals surface area contributed by atoms with Crippen LogP contribution in [-0.2, 0) is 14.3 Å². The summed E-state index contributed by atoms with van der Waals surface area (Å²) < 4.78 is 10.1. The van der Waals surface area contributed by atoms with Crippen molar-refractivity contribution in [3.05, 3.63) is 58.1 Å². The molecule has 0 saturated heterocycles. The van der Waals surface area contributed by atoms with Crippen LogP contribution in [0.4, 0.5) is 5.69 Å². The second-order valence-corrected chi connectivity index (χ2v) is 6.36. The molecule has 0 heterocycles. The van der Waals surface area contributed by atoms with Crippen LogP contribution in [-0.4, -0.2) is 30.2 Å². The number of benzene rings is 2. The van der Waals surface area contributed by atoms with E-state index in [4.69, 9.17) is 32.7 Å². The van der Waals surface area contributed by atoms with Gasteiger partial charge in [-0.2, -0.15) is 0 Å². The number of hydrogen-bond acceptors (Lipinski definition) is 5. The molecular formula is C19H17Cl2NO5. The van der Waals surface area contributed by atoms with Crippen molar-refractivity contribution >= 4 is 46.8 Å². The first-order valence-corrected chi connectivity index (χ1v) is 8.56. The van der Waals surface area contributed by atoms with Gasteiger partial charge >= 0.3 is 5.97 Å². The van der Waals surface area contributed by atoms with Gasteiger partial charge in [-0.1, -0.05) is 29.3 Å². The Labute approximate surface area is 166 Å².